The molecule has 20 heavy (non-hydrogen) atoms. The zero-order valence-corrected chi connectivity index (χ0v) is 13.1. The van der Waals surface area contributed by atoms with Crippen molar-refractivity contribution in [2.24, 2.45) is 0 Å². The first-order chi connectivity index (χ1) is 9.70. The Labute approximate surface area is 128 Å². The van der Waals surface area contributed by atoms with Crippen LogP contribution in [0.25, 0.3) is 0 Å². The van der Waals surface area contributed by atoms with Crippen LogP contribution in [0, 0.1) is 0 Å². The molecule has 1 N–H and O–H groups in total. The van der Waals surface area contributed by atoms with E-state index in [2.05, 4.69) is 22.9 Å². The van der Waals surface area contributed by atoms with Gasteiger partial charge in [-0.05, 0) is 35.7 Å². The zero-order chi connectivity index (χ0) is 14.4. The third-order valence-corrected chi connectivity index (χ3v) is 3.86. The molecule has 0 aromatic heterocycles. The predicted molar refractivity (Wildman–Crippen MR) is 85.0 cm³/mol. The van der Waals surface area contributed by atoms with Crippen molar-refractivity contribution in [2.75, 3.05) is 6.61 Å². The highest BCUT2D eigenvalue weighted by atomic mass is 79.9. The van der Waals surface area contributed by atoms with Crippen LogP contribution in [0.4, 0.5) is 0 Å². The molecule has 0 aliphatic rings. The van der Waals surface area contributed by atoms with Gasteiger partial charge < -0.3 is 9.84 Å². The molecule has 106 valence electrons. The van der Waals surface area contributed by atoms with E-state index in [1.165, 1.54) is 0 Å². The summed E-state index contributed by atoms with van der Waals surface area (Å²) in [5.41, 5.74) is 1.98. The van der Waals surface area contributed by atoms with Crippen LogP contribution < -0.4 is 4.74 Å². The summed E-state index contributed by atoms with van der Waals surface area (Å²) in [7, 11) is 0. The summed E-state index contributed by atoms with van der Waals surface area (Å²) >= 11 is 3.51. The predicted octanol–water partition coefficient (Wildman–Crippen LogP) is 4.51. The van der Waals surface area contributed by atoms with Crippen LogP contribution in [0.2, 0.25) is 0 Å². The number of rotatable bonds is 6. The molecule has 1 atom stereocenters. The number of hydrogen-bond donors (Lipinski definition) is 1. The summed E-state index contributed by atoms with van der Waals surface area (Å²) in [4.78, 5) is 0. The number of halogens is 1. The lowest BCUT2D eigenvalue weighted by atomic mass is 10.0. The molecule has 0 bridgehead atoms. The minimum absolute atomic E-state index is 0.529. The molecule has 0 spiro atoms. The molecular formula is C17H19BrO2. The maximum absolute atomic E-state index is 10.4. The van der Waals surface area contributed by atoms with Gasteiger partial charge >= 0.3 is 0 Å². The van der Waals surface area contributed by atoms with Crippen LogP contribution >= 0.6 is 15.9 Å². The molecule has 0 saturated heterocycles. The molecule has 0 heterocycles. The Hall–Kier alpha value is -1.32. The Balaban J connectivity index is 2.09. The van der Waals surface area contributed by atoms with E-state index >= 15 is 0 Å². The van der Waals surface area contributed by atoms with Crippen molar-refractivity contribution >= 4 is 15.9 Å². The lowest BCUT2D eigenvalue weighted by Crippen LogP contribution is -2.03. The fourth-order valence-corrected chi connectivity index (χ4v) is 2.47. The van der Waals surface area contributed by atoms with Gasteiger partial charge in [0.25, 0.3) is 0 Å². The molecule has 2 aromatic carbocycles. The van der Waals surface area contributed by atoms with Gasteiger partial charge in [0.05, 0.1) is 12.7 Å². The number of benzene rings is 2. The molecule has 0 aliphatic heterocycles. The van der Waals surface area contributed by atoms with E-state index in [0.717, 1.165) is 27.8 Å². The number of aliphatic hydroxyl groups excluding tert-OH is 1. The van der Waals surface area contributed by atoms with Crippen molar-refractivity contribution < 1.29 is 9.84 Å². The minimum atomic E-state index is -0.529. The van der Waals surface area contributed by atoms with E-state index in [1.54, 1.807) is 0 Å². The van der Waals surface area contributed by atoms with Crippen LogP contribution in [0.3, 0.4) is 0 Å². The summed E-state index contributed by atoms with van der Waals surface area (Å²) < 4.78 is 6.62. The first-order valence-electron chi connectivity index (χ1n) is 6.85. The van der Waals surface area contributed by atoms with Crippen molar-refractivity contribution in [2.45, 2.75) is 25.9 Å². The second-order valence-corrected chi connectivity index (χ2v) is 5.59. The molecule has 2 aromatic rings. The number of ether oxygens (including phenoxy) is 1. The zero-order valence-electron chi connectivity index (χ0n) is 11.6. The SMILES string of the molecule is CCCOc1cccc(C(O)Cc2ccccc2Br)c1. The topological polar surface area (TPSA) is 29.5 Å². The molecular weight excluding hydrogens is 316 g/mol. The minimum Gasteiger partial charge on any atom is -0.494 e. The Morgan fingerprint density at radius 3 is 2.70 bits per heavy atom. The van der Waals surface area contributed by atoms with Crippen molar-refractivity contribution in [3.63, 3.8) is 0 Å². The second kappa shape index (κ2) is 7.46. The van der Waals surface area contributed by atoms with Crippen LogP contribution in [-0.4, -0.2) is 11.7 Å². The molecule has 0 aliphatic carbocycles. The van der Waals surface area contributed by atoms with Gasteiger partial charge in [0.1, 0.15) is 5.75 Å². The second-order valence-electron chi connectivity index (χ2n) is 4.73. The van der Waals surface area contributed by atoms with E-state index < -0.39 is 6.10 Å². The van der Waals surface area contributed by atoms with E-state index in [4.69, 9.17) is 4.74 Å². The molecule has 0 radical (unpaired) electrons. The van der Waals surface area contributed by atoms with Crippen LogP contribution in [0.15, 0.2) is 53.0 Å². The maximum atomic E-state index is 10.4. The number of hydrogen-bond acceptors (Lipinski definition) is 2. The third kappa shape index (κ3) is 4.09. The molecule has 2 rings (SSSR count). The summed E-state index contributed by atoms with van der Waals surface area (Å²) in [6, 6.07) is 15.6. The molecule has 0 amide bonds. The Bertz CT molecular complexity index is 554. The van der Waals surface area contributed by atoms with Crippen LogP contribution in [0.1, 0.15) is 30.6 Å². The third-order valence-electron chi connectivity index (χ3n) is 3.09. The van der Waals surface area contributed by atoms with Gasteiger partial charge in [0.15, 0.2) is 0 Å². The summed E-state index contributed by atoms with van der Waals surface area (Å²) in [6.45, 7) is 2.77. The van der Waals surface area contributed by atoms with Crippen molar-refractivity contribution in [3.8, 4) is 5.75 Å². The largest absolute Gasteiger partial charge is 0.494 e. The van der Waals surface area contributed by atoms with E-state index in [1.807, 2.05) is 48.5 Å². The van der Waals surface area contributed by atoms with Crippen molar-refractivity contribution in [1.29, 1.82) is 0 Å². The Morgan fingerprint density at radius 2 is 1.95 bits per heavy atom. The van der Waals surface area contributed by atoms with Crippen LogP contribution in [-0.2, 0) is 6.42 Å². The average molecular weight is 335 g/mol. The van der Waals surface area contributed by atoms with Crippen molar-refractivity contribution in [1.82, 2.24) is 0 Å². The fourth-order valence-electron chi connectivity index (χ4n) is 2.02. The van der Waals surface area contributed by atoms with Gasteiger partial charge in [-0.2, -0.15) is 0 Å². The molecule has 1 unspecified atom stereocenters. The fraction of sp³-hybridized carbons (Fsp3) is 0.294. The molecule has 3 heteroatoms. The van der Waals surface area contributed by atoms with Gasteiger partial charge in [-0.15, -0.1) is 0 Å². The van der Waals surface area contributed by atoms with Gasteiger partial charge in [-0.25, -0.2) is 0 Å². The normalized spacial score (nSPS) is 12.2. The Kier molecular flexibility index (Phi) is 5.62. The van der Waals surface area contributed by atoms with E-state index in [-0.39, 0.29) is 0 Å². The summed E-state index contributed by atoms with van der Waals surface area (Å²) in [5, 5.41) is 10.4. The van der Waals surface area contributed by atoms with Gasteiger partial charge in [0.2, 0.25) is 0 Å². The van der Waals surface area contributed by atoms with Gasteiger partial charge in [-0.1, -0.05) is 53.2 Å². The van der Waals surface area contributed by atoms with Crippen LogP contribution in [0.5, 0.6) is 5.75 Å². The Morgan fingerprint density at radius 1 is 1.15 bits per heavy atom. The van der Waals surface area contributed by atoms with E-state index in [9.17, 15) is 5.11 Å². The summed E-state index contributed by atoms with van der Waals surface area (Å²) in [6.07, 6.45) is 1.03. The quantitative estimate of drug-likeness (QED) is 0.841. The maximum Gasteiger partial charge on any atom is 0.119 e. The molecule has 0 fully saturated rings. The highest BCUT2D eigenvalue weighted by molar-refractivity contribution is 9.10. The lowest BCUT2D eigenvalue weighted by Gasteiger charge is -2.14. The van der Waals surface area contributed by atoms with E-state index in [0.29, 0.717) is 13.0 Å². The monoisotopic (exact) mass is 334 g/mol. The highest BCUT2D eigenvalue weighted by Crippen LogP contribution is 2.25. The lowest BCUT2D eigenvalue weighted by molar-refractivity contribution is 0.177. The number of aliphatic hydroxyl groups is 1. The van der Waals surface area contributed by atoms with Crippen molar-refractivity contribution in [3.05, 3.63) is 64.1 Å². The first kappa shape index (κ1) is 15.1. The first-order valence-corrected chi connectivity index (χ1v) is 7.64. The molecule has 0 saturated carbocycles. The standard InChI is InChI=1S/C17H19BrO2/c1-2-10-20-15-8-5-7-14(11-15)17(19)12-13-6-3-4-9-16(13)18/h3-9,11,17,19H,2,10,12H2,1H3. The average Bonchev–Trinajstić information content (AvgIpc) is 2.48. The van der Waals surface area contributed by atoms with Gasteiger partial charge in [-0.3, -0.25) is 0 Å². The highest BCUT2D eigenvalue weighted by Gasteiger charge is 2.11. The summed E-state index contributed by atoms with van der Waals surface area (Å²) in [5.74, 6) is 0.815. The van der Waals surface area contributed by atoms with Gasteiger partial charge in [0, 0.05) is 10.9 Å². The molecule has 2 nitrogen and oxygen atoms in total. The smallest absolute Gasteiger partial charge is 0.119 e.